The van der Waals surface area contributed by atoms with Gasteiger partial charge in [-0.1, -0.05) is 31.7 Å². The summed E-state index contributed by atoms with van der Waals surface area (Å²) in [5.41, 5.74) is 3.16. The molecule has 0 aliphatic carbocycles. The van der Waals surface area contributed by atoms with Crippen molar-refractivity contribution >= 4 is 34.5 Å². The summed E-state index contributed by atoms with van der Waals surface area (Å²) < 4.78 is 25.3. The topological polar surface area (TPSA) is 83.9 Å². The van der Waals surface area contributed by atoms with Gasteiger partial charge >= 0.3 is 0 Å². The van der Waals surface area contributed by atoms with Crippen LogP contribution in [-0.4, -0.2) is 44.7 Å². The molecule has 0 radical (unpaired) electrons. The van der Waals surface area contributed by atoms with Crippen LogP contribution in [0.3, 0.4) is 0 Å². The van der Waals surface area contributed by atoms with E-state index in [4.69, 9.17) is 9.97 Å². The first kappa shape index (κ1) is 26.0. The molecule has 196 valence electrons. The molecule has 1 fully saturated rings. The zero-order valence-corrected chi connectivity index (χ0v) is 22.0. The fourth-order valence-corrected chi connectivity index (χ4v) is 5.41. The van der Waals surface area contributed by atoms with Crippen LogP contribution in [0.2, 0.25) is 0 Å². The molecule has 7 nitrogen and oxygen atoms in total. The molecule has 2 atom stereocenters. The van der Waals surface area contributed by atoms with Gasteiger partial charge in [0.25, 0.3) is 11.7 Å². The third kappa shape index (κ3) is 6.24. The third-order valence-electron chi connectivity index (χ3n) is 6.44. The number of benzene rings is 1. The number of anilines is 1. The summed E-state index contributed by atoms with van der Waals surface area (Å²) in [7, 11) is 0. The van der Waals surface area contributed by atoms with Crippen molar-refractivity contribution in [1.29, 1.82) is 0 Å². The van der Waals surface area contributed by atoms with E-state index in [0.29, 0.717) is 39.8 Å². The molecule has 5 rings (SSSR count). The Labute approximate surface area is 224 Å². The fraction of sp³-hybridized carbons (Fsp3) is 0.321. The standard InChI is InChI=1S/C28H28F2N6OS/c1-17-10-18(2)16-36(15-17)28-31-9-8-24(35-28)23-7-6-20-13-32-21(12-25(20)34-23)14-33-26(37)19-4-3-5-22(11-19)38-27(29)30/h3-9,11-13,17-18,27H,10,14-16H2,1-2H3,(H,33,37). The summed E-state index contributed by atoms with van der Waals surface area (Å²) in [6.45, 7) is 6.57. The number of thioether (sulfide) groups is 1. The number of carbonyl (C=O) groups is 1. The van der Waals surface area contributed by atoms with Gasteiger partial charge in [0.1, 0.15) is 0 Å². The Kier molecular flexibility index (Phi) is 7.78. The van der Waals surface area contributed by atoms with Crippen LogP contribution in [0.5, 0.6) is 0 Å². The average molecular weight is 535 g/mol. The van der Waals surface area contributed by atoms with Crippen LogP contribution in [0.1, 0.15) is 36.3 Å². The van der Waals surface area contributed by atoms with Crippen molar-refractivity contribution in [2.45, 2.75) is 37.5 Å². The van der Waals surface area contributed by atoms with Crippen molar-refractivity contribution in [3.8, 4) is 11.4 Å². The van der Waals surface area contributed by atoms with Crippen LogP contribution in [0.4, 0.5) is 14.7 Å². The van der Waals surface area contributed by atoms with Gasteiger partial charge < -0.3 is 10.2 Å². The lowest BCUT2D eigenvalue weighted by atomic mass is 9.92. The Balaban J connectivity index is 1.31. The Morgan fingerprint density at radius 2 is 1.84 bits per heavy atom. The molecule has 0 spiro atoms. The van der Waals surface area contributed by atoms with Crippen molar-refractivity contribution < 1.29 is 13.6 Å². The van der Waals surface area contributed by atoms with E-state index < -0.39 is 5.76 Å². The van der Waals surface area contributed by atoms with Crippen LogP contribution in [0, 0.1) is 11.8 Å². The van der Waals surface area contributed by atoms with Crippen LogP contribution < -0.4 is 10.2 Å². The van der Waals surface area contributed by atoms with Crippen LogP contribution >= 0.6 is 11.8 Å². The van der Waals surface area contributed by atoms with Gasteiger partial charge in [-0.25, -0.2) is 15.0 Å². The monoisotopic (exact) mass is 534 g/mol. The SMILES string of the molecule is CC1CC(C)CN(c2nccc(-c3ccc4cnc(CNC(=O)c5cccc(SC(F)F)c5)cc4n3)n2)C1. The Bertz CT molecular complexity index is 1440. The van der Waals surface area contributed by atoms with E-state index in [1.807, 2.05) is 24.3 Å². The van der Waals surface area contributed by atoms with Gasteiger partial charge in [0.2, 0.25) is 5.95 Å². The summed E-state index contributed by atoms with van der Waals surface area (Å²) >= 11 is 0.409. The molecule has 1 N–H and O–H groups in total. The number of rotatable bonds is 7. The van der Waals surface area contributed by atoms with E-state index in [0.717, 1.165) is 41.3 Å². The van der Waals surface area contributed by atoms with Crippen molar-refractivity contribution in [1.82, 2.24) is 25.3 Å². The first-order valence-corrected chi connectivity index (χ1v) is 13.4. The van der Waals surface area contributed by atoms with Gasteiger partial charge in [-0.2, -0.15) is 8.78 Å². The summed E-state index contributed by atoms with van der Waals surface area (Å²) in [5, 5.41) is 3.67. The first-order chi connectivity index (χ1) is 18.3. The number of aromatic nitrogens is 4. The van der Waals surface area contributed by atoms with E-state index in [1.54, 1.807) is 30.6 Å². The number of hydrogen-bond acceptors (Lipinski definition) is 7. The Hall–Kier alpha value is -3.66. The maximum atomic E-state index is 12.7. The van der Waals surface area contributed by atoms with E-state index in [2.05, 4.69) is 34.0 Å². The van der Waals surface area contributed by atoms with E-state index in [9.17, 15) is 13.6 Å². The molecule has 38 heavy (non-hydrogen) atoms. The molecule has 3 aromatic heterocycles. The quantitative estimate of drug-likeness (QED) is 0.299. The fourth-order valence-electron chi connectivity index (χ4n) is 4.85. The van der Waals surface area contributed by atoms with Gasteiger partial charge in [0.05, 0.1) is 29.1 Å². The average Bonchev–Trinajstić information content (AvgIpc) is 2.90. The number of piperidine rings is 1. The van der Waals surface area contributed by atoms with Crippen molar-refractivity contribution in [3.63, 3.8) is 0 Å². The summed E-state index contributed by atoms with van der Waals surface area (Å²) in [6, 6.07) is 13.7. The number of halogens is 2. The number of nitrogens with zero attached hydrogens (tertiary/aromatic N) is 5. The van der Waals surface area contributed by atoms with Crippen LogP contribution in [0.15, 0.2) is 65.8 Å². The summed E-state index contributed by atoms with van der Waals surface area (Å²) in [5.74, 6) is -0.996. The molecule has 4 heterocycles. The van der Waals surface area contributed by atoms with E-state index >= 15 is 0 Å². The zero-order chi connectivity index (χ0) is 26.6. The van der Waals surface area contributed by atoms with E-state index in [-0.39, 0.29) is 12.5 Å². The number of alkyl halides is 2. The highest BCUT2D eigenvalue weighted by Gasteiger charge is 2.24. The predicted molar refractivity (Wildman–Crippen MR) is 145 cm³/mol. The van der Waals surface area contributed by atoms with Crippen molar-refractivity contribution in [3.05, 3.63) is 72.2 Å². The van der Waals surface area contributed by atoms with Crippen LogP contribution in [-0.2, 0) is 6.54 Å². The number of nitrogens with one attached hydrogen (secondary N) is 1. The molecule has 2 unspecified atom stereocenters. The molecule has 1 aliphatic rings. The highest BCUT2D eigenvalue weighted by molar-refractivity contribution is 7.99. The van der Waals surface area contributed by atoms with Gasteiger partial charge in [-0.3, -0.25) is 9.78 Å². The summed E-state index contributed by atoms with van der Waals surface area (Å²) in [6.07, 6.45) is 4.70. The molecule has 1 saturated heterocycles. The smallest absolute Gasteiger partial charge is 0.288 e. The largest absolute Gasteiger partial charge is 0.346 e. The lowest BCUT2D eigenvalue weighted by Gasteiger charge is -2.35. The predicted octanol–water partition coefficient (Wildman–Crippen LogP) is 5.81. The van der Waals surface area contributed by atoms with Crippen molar-refractivity contribution in [2.75, 3.05) is 18.0 Å². The minimum Gasteiger partial charge on any atom is -0.346 e. The lowest BCUT2D eigenvalue weighted by molar-refractivity contribution is 0.0950. The Morgan fingerprint density at radius 3 is 2.63 bits per heavy atom. The second-order valence-electron chi connectivity index (χ2n) is 9.75. The maximum Gasteiger partial charge on any atom is 0.288 e. The number of hydrogen-bond donors (Lipinski definition) is 1. The zero-order valence-electron chi connectivity index (χ0n) is 21.1. The molecule has 10 heteroatoms. The molecular weight excluding hydrogens is 506 g/mol. The van der Waals surface area contributed by atoms with Gasteiger partial charge in [0.15, 0.2) is 0 Å². The normalized spacial score (nSPS) is 17.7. The molecule has 1 amide bonds. The molecule has 0 bridgehead atoms. The van der Waals surface area contributed by atoms with Gasteiger partial charge in [-0.05, 0) is 60.7 Å². The molecule has 0 saturated carbocycles. The number of carbonyl (C=O) groups excluding carboxylic acids is 1. The van der Waals surface area contributed by atoms with Crippen LogP contribution in [0.25, 0.3) is 22.3 Å². The van der Waals surface area contributed by atoms with E-state index in [1.165, 1.54) is 12.5 Å². The molecular formula is C28H28F2N6OS. The minimum atomic E-state index is -2.54. The second kappa shape index (κ2) is 11.4. The molecule has 1 aromatic carbocycles. The number of pyridine rings is 2. The van der Waals surface area contributed by atoms with Gasteiger partial charge in [0, 0.05) is 41.3 Å². The highest BCUT2D eigenvalue weighted by atomic mass is 32.2. The van der Waals surface area contributed by atoms with Gasteiger partial charge in [-0.15, -0.1) is 0 Å². The third-order valence-corrected chi connectivity index (χ3v) is 7.14. The summed E-state index contributed by atoms with van der Waals surface area (Å²) in [4.78, 5) is 33.8. The molecule has 1 aliphatic heterocycles. The van der Waals surface area contributed by atoms with Crippen molar-refractivity contribution in [2.24, 2.45) is 11.8 Å². The number of fused-ring (bicyclic) bond motifs is 1. The second-order valence-corrected chi connectivity index (χ2v) is 10.8. The Morgan fingerprint density at radius 1 is 1.05 bits per heavy atom. The number of amides is 1. The molecule has 4 aromatic rings. The maximum absolute atomic E-state index is 12.7. The highest BCUT2D eigenvalue weighted by Crippen LogP contribution is 2.27. The minimum absolute atomic E-state index is 0.176. The lowest BCUT2D eigenvalue weighted by Crippen LogP contribution is -2.39. The first-order valence-electron chi connectivity index (χ1n) is 12.5.